The van der Waals surface area contributed by atoms with E-state index in [2.05, 4.69) is 4.99 Å². The van der Waals surface area contributed by atoms with Gasteiger partial charge in [-0.15, -0.1) is 11.8 Å². The molecule has 0 spiro atoms. The average Bonchev–Trinajstić information content (AvgIpc) is 2.38. The molecular formula is C7H11NO2S. The molecule has 1 atom stereocenters. The molecule has 0 aromatic rings. The Morgan fingerprint density at radius 3 is 3.09 bits per heavy atom. The Hall–Kier alpha value is -0.510. The lowest BCUT2D eigenvalue weighted by molar-refractivity contribution is -0.147. The van der Waals surface area contributed by atoms with Gasteiger partial charge < -0.3 is 4.74 Å². The van der Waals surface area contributed by atoms with Crippen molar-refractivity contribution in [2.45, 2.75) is 19.4 Å². The summed E-state index contributed by atoms with van der Waals surface area (Å²) in [5, 5.41) is 0. The van der Waals surface area contributed by atoms with Crippen molar-refractivity contribution in [1.82, 2.24) is 0 Å². The Labute approximate surface area is 70.2 Å². The van der Waals surface area contributed by atoms with Gasteiger partial charge in [-0.25, -0.2) is 4.79 Å². The van der Waals surface area contributed by atoms with Crippen LogP contribution in [0.3, 0.4) is 0 Å². The van der Waals surface area contributed by atoms with Crippen LogP contribution in [0.5, 0.6) is 0 Å². The molecule has 0 amide bonds. The van der Waals surface area contributed by atoms with Crippen molar-refractivity contribution in [3.63, 3.8) is 0 Å². The number of nitrogens with zero attached hydrogens (tertiary/aromatic N) is 1. The maximum atomic E-state index is 11.2. The predicted molar refractivity (Wildman–Crippen MR) is 46.0 cm³/mol. The van der Waals surface area contributed by atoms with Crippen molar-refractivity contribution in [2.75, 3.05) is 12.4 Å². The lowest BCUT2D eigenvalue weighted by Gasteiger charge is -2.16. The van der Waals surface area contributed by atoms with Crippen molar-refractivity contribution < 1.29 is 9.53 Å². The van der Waals surface area contributed by atoms with Gasteiger partial charge in [0, 0.05) is 5.75 Å². The molecule has 3 nitrogen and oxygen atoms in total. The van der Waals surface area contributed by atoms with Gasteiger partial charge in [0.2, 0.25) is 0 Å². The molecule has 0 radical (unpaired) electrons. The van der Waals surface area contributed by atoms with E-state index in [1.807, 2.05) is 0 Å². The van der Waals surface area contributed by atoms with Crippen molar-refractivity contribution in [3.8, 4) is 0 Å². The van der Waals surface area contributed by atoms with Crippen LogP contribution >= 0.6 is 11.8 Å². The lowest BCUT2D eigenvalue weighted by Crippen LogP contribution is -2.35. The van der Waals surface area contributed by atoms with Crippen LogP contribution in [0.1, 0.15) is 13.8 Å². The van der Waals surface area contributed by atoms with Crippen LogP contribution in [0, 0.1) is 0 Å². The van der Waals surface area contributed by atoms with Gasteiger partial charge in [0.05, 0.1) is 12.2 Å². The van der Waals surface area contributed by atoms with E-state index in [0.717, 1.165) is 0 Å². The second kappa shape index (κ2) is 3.26. The third-order valence-corrected chi connectivity index (χ3v) is 2.48. The number of carbonyl (C=O) groups excluding carboxylic acids is 1. The van der Waals surface area contributed by atoms with E-state index in [9.17, 15) is 4.79 Å². The monoisotopic (exact) mass is 173 g/mol. The molecule has 4 heteroatoms. The van der Waals surface area contributed by atoms with Crippen molar-refractivity contribution >= 4 is 23.3 Å². The van der Waals surface area contributed by atoms with E-state index in [-0.39, 0.29) is 5.97 Å². The largest absolute Gasteiger partial charge is 0.464 e. The van der Waals surface area contributed by atoms with Crippen LogP contribution in [0.2, 0.25) is 0 Å². The Morgan fingerprint density at radius 2 is 2.64 bits per heavy atom. The standard InChI is InChI=1S/C7H11NO2S/c1-3-10-6(9)7(2)4-11-5-8-7/h5H,3-4H2,1-2H3. The van der Waals surface area contributed by atoms with Gasteiger partial charge in [0.1, 0.15) is 0 Å². The number of hydrogen-bond donors (Lipinski definition) is 0. The molecule has 0 bridgehead atoms. The second-order valence-electron chi connectivity index (χ2n) is 2.54. The van der Waals surface area contributed by atoms with E-state index in [4.69, 9.17) is 4.74 Å². The summed E-state index contributed by atoms with van der Waals surface area (Å²) in [6.45, 7) is 4.02. The van der Waals surface area contributed by atoms with Crippen molar-refractivity contribution in [2.24, 2.45) is 4.99 Å². The fourth-order valence-electron chi connectivity index (χ4n) is 0.789. The minimum absolute atomic E-state index is 0.221. The fraction of sp³-hybridized carbons (Fsp3) is 0.714. The summed E-state index contributed by atoms with van der Waals surface area (Å²) in [5.41, 5.74) is 1.08. The minimum Gasteiger partial charge on any atom is -0.464 e. The summed E-state index contributed by atoms with van der Waals surface area (Å²) >= 11 is 1.54. The summed E-state index contributed by atoms with van der Waals surface area (Å²) in [7, 11) is 0. The summed E-state index contributed by atoms with van der Waals surface area (Å²) in [6, 6.07) is 0. The summed E-state index contributed by atoms with van der Waals surface area (Å²) in [4.78, 5) is 15.3. The first-order valence-corrected chi connectivity index (χ1v) is 4.56. The number of thioether (sulfide) groups is 1. The molecule has 0 aromatic carbocycles. The Kier molecular flexibility index (Phi) is 2.54. The van der Waals surface area contributed by atoms with Crippen molar-refractivity contribution in [1.29, 1.82) is 0 Å². The lowest BCUT2D eigenvalue weighted by atomic mass is 10.1. The topological polar surface area (TPSA) is 38.7 Å². The molecule has 0 fully saturated rings. The molecule has 0 N–H and O–H groups in total. The predicted octanol–water partition coefficient (Wildman–Crippen LogP) is 1.08. The molecule has 62 valence electrons. The van der Waals surface area contributed by atoms with Crippen LogP contribution in [0.25, 0.3) is 0 Å². The molecule has 1 heterocycles. The van der Waals surface area contributed by atoms with Gasteiger partial charge in [-0.2, -0.15) is 0 Å². The maximum absolute atomic E-state index is 11.2. The third-order valence-electron chi connectivity index (χ3n) is 1.49. The van der Waals surface area contributed by atoms with Crippen LogP contribution < -0.4 is 0 Å². The molecule has 11 heavy (non-hydrogen) atoms. The number of carbonyl (C=O) groups is 1. The van der Waals surface area contributed by atoms with Gasteiger partial charge in [0.15, 0.2) is 5.54 Å². The first-order valence-electron chi connectivity index (χ1n) is 3.51. The van der Waals surface area contributed by atoms with Crippen molar-refractivity contribution in [3.05, 3.63) is 0 Å². The zero-order chi connectivity index (χ0) is 8.32. The molecule has 0 saturated heterocycles. The summed E-state index contributed by atoms with van der Waals surface area (Å²) in [5.74, 6) is 0.479. The van der Waals surface area contributed by atoms with Crippen LogP contribution in [0.4, 0.5) is 0 Å². The fourth-order valence-corrected chi connectivity index (χ4v) is 1.69. The van der Waals surface area contributed by atoms with Gasteiger partial charge in [-0.05, 0) is 13.8 Å². The Balaban J connectivity index is 2.57. The van der Waals surface area contributed by atoms with Crippen LogP contribution in [-0.2, 0) is 9.53 Å². The molecule has 1 rings (SSSR count). The zero-order valence-corrected chi connectivity index (χ0v) is 7.48. The van der Waals surface area contributed by atoms with E-state index in [0.29, 0.717) is 12.4 Å². The zero-order valence-electron chi connectivity index (χ0n) is 6.66. The number of rotatable bonds is 2. The van der Waals surface area contributed by atoms with E-state index >= 15 is 0 Å². The van der Waals surface area contributed by atoms with E-state index in [1.54, 1.807) is 31.2 Å². The van der Waals surface area contributed by atoms with Gasteiger partial charge >= 0.3 is 5.97 Å². The Morgan fingerprint density at radius 1 is 1.91 bits per heavy atom. The first kappa shape index (κ1) is 8.59. The molecule has 0 saturated carbocycles. The van der Waals surface area contributed by atoms with Gasteiger partial charge in [-0.1, -0.05) is 0 Å². The quantitative estimate of drug-likeness (QED) is 0.586. The highest BCUT2D eigenvalue weighted by molar-refractivity contribution is 8.12. The second-order valence-corrected chi connectivity index (χ2v) is 3.37. The molecule has 0 aliphatic carbocycles. The highest BCUT2D eigenvalue weighted by Crippen LogP contribution is 2.24. The summed E-state index contributed by atoms with van der Waals surface area (Å²) < 4.78 is 4.86. The highest BCUT2D eigenvalue weighted by Gasteiger charge is 2.36. The van der Waals surface area contributed by atoms with Crippen LogP contribution in [0.15, 0.2) is 4.99 Å². The molecule has 1 aliphatic rings. The molecule has 1 unspecified atom stereocenters. The summed E-state index contributed by atoms with van der Waals surface area (Å²) in [6.07, 6.45) is 0. The van der Waals surface area contributed by atoms with Gasteiger partial charge in [0.25, 0.3) is 0 Å². The third kappa shape index (κ3) is 1.74. The highest BCUT2D eigenvalue weighted by atomic mass is 32.2. The van der Waals surface area contributed by atoms with Crippen LogP contribution in [-0.4, -0.2) is 29.4 Å². The Bertz CT molecular complexity index is 193. The van der Waals surface area contributed by atoms with E-state index in [1.165, 1.54) is 0 Å². The van der Waals surface area contributed by atoms with E-state index < -0.39 is 5.54 Å². The number of aliphatic imine (C=N–C) groups is 1. The average molecular weight is 173 g/mol. The molecule has 0 aromatic heterocycles. The molecular weight excluding hydrogens is 162 g/mol. The number of hydrogen-bond acceptors (Lipinski definition) is 4. The smallest absolute Gasteiger partial charge is 0.334 e. The number of esters is 1. The minimum atomic E-state index is -0.624. The molecule has 1 aliphatic heterocycles. The van der Waals surface area contributed by atoms with Gasteiger partial charge in [-0.3, -0.25) is 4.99 Å². The first-order chi connectivity index (χ1) is 5.19. The normalized spacial score (nSPS) is 28.9. The maximum Gasteiger partial charge on any atom is 0.334 e. The number of ether oxygens (including phenoxy) is 1. The SMILES string of the molecule is CCOC(=O)C1(C)CSC=N1.